The number of esters is 2. The zero-order valence-corrected chi connectivity index (χ0v) is 19.5. The minimum Gasteiger partial charge on any atom is -0.466 e. The lowest BCUT2D eigenvalue weighted by atomic mass is 9.97. The number of carbonyl (C=O) groups is 3. The van der Waals surface area contributed by atoms with E-state index in [0.717, 1.165) is 16.2 Å². The van der Waals surface area contributed by atoms with Crippen LogP contribution < -0.4 is 0 Å². The van der Waals surface area contributed by atoms with E-state index in [1.165, 1.54) is 0 Å². The van der Waals surface area contributed by atoms with E-state index in [-0.39, 0.29) is 24.4 Å². The van der Waals surface area contributed by atoms with E-state index >= 15 is 0 Å². The first kappa shape index (κ1) is 24.1. The van der Waals surface area contributed by atoms with E-state index in [1.54, 1.807) is 35.7 Å². The van der Waals surface area contributed by atoms with Crippen molar-refractivity contribution in [2.75, 3.05) is 26.3 Å². The maximum absolute atomic E-state index is 12.4. The first-order chi connectivity index (χ1) is 15.5. The number of benzene rings is 2. The number of carbonyl (C=O) groups excluding carboxylic acids is 3. The van der Waals surface area contributed by atoms with Gasteiger partial charge in [0.05, 0.1) is 18.1 Å². The Balaban J connectivity index is 1.41. The lowest BCUT2D eigenvalue weighted by molar-refractivity contribution is -0.151. The van der Waals surface area contributed by atoms with Gasteiger partial charge < -0.3 is 14.4 Å². The predicted molar refractivity (Wildman–Crippen MR) is 124 cm³/mol. The zero-order chi connectivity index (χ0) is 22.9. The van der Waals surface area contributed by atoms with E-state index in [2.05, 4.69) is 0 Å². The van der Waals surface area contributed by atoms with Gasteiger partial charge in [0.25, 0.3) is 5.91 Å². The summed E-state index contributed by atoms with van der Waals surface area (Å²) in [5.74, 6) is -0.399. The van der Waals surface area contributed by atoms with Crippen molar-refractivity contribution in [1.82, 2.24) is 4.90 Å². The number of hydrogen-bond donors (Lipinski definition) is 0. The van der Waals surface area contributed by atoms with Crippen molar-refractivity contribution in [2.24, 2.45) is 5.92 Å². The average Bonchev–Trinajstić information content (AvgIpc) is 2.82. The van der Waals surface area contributed by atoms with E-state index in [4.69, 9.17) is 21.1 Å². The Labute approximate surface area is 197 Å². The van der Waals surface area contributed by atoms with Crippen LogP contribution in [0.5, 0.6) is 0 Å². The Hall–Kier alpha value is -2.51. The first-order valence-electron chi connectivity index (χ1n) is 10.5. The Morgan fingerprint density at radius 3 is 2.28 bits per heavy atom. The largest absolute Gasteiger partial charge is 0.466 e. The molecule has 170 valence electrons. The molecule has 0 aliphatic carbocycles. The topological polar surface area (TPSA) is 72.9 Å². The number of amides is 1. The number of halogens is 1. The van der Waals surface area contributed by atoms with Crippen LogP contribution >= 0.6 is 23.4 Å². The van der Waals surface area contributed by atoms with Crippen LogP contribution in [0.25, 0.3) is 0 Å². The minimum absolute atomic E-state index is 0.169. The monoisotopic (exact) mass is 475 g/mol. The molecule has 0 spiro atoms. The minimum atomic E-state index is -0.531. The first-order valence-corrected chi connectivity index (χ1v) is 11.9. The molecule has 1 aliphatic heterocycles. The van der Waals surface area contributed by atoms with Crippen LogP contribution in [0.2, 0.25) is 5.02 Å². The Bertz CT molecular complexity index is 924. The van der Waals surface area contributed by atoms with Crippen molar-refractivity contribution in [1.29, 1.82) is 0 Å². The van der Waals surface area contributed by atoms with Crippen LogP contribution in [0.1, 0.15) is 35.7 Å². The third-order valence-electron chi connectivity index (χ3n) is 5.20. The van der Waals surface area contributed by atoms with Crippen LogP contribution in [0, 0.1) is 5.92 Å². The molecular weight excluding hydrogens is 450 g/mol. The van der Waals surface area contributed by atoms with Gasteiger partial charge in [0.2, 0.25) is 0 Å². The molecule has 0 unspecified atom stereocenters. The number of nitrogens with zero attached hydrogens (tertiary/aromatic N) is 1. The van der Waals surface area contributed by atoms with Gasteiger partial charge >= 0.3 is 11.9 Å². The maximum atomic E-state index is 12.4. The van der Waals surface area contributed by atoms with Crippen LogP contribution in [-0.2, 0) is 24.8 Å². The fourth-order valence-corrected chi connectivity index (χ4v) is 4.34. The summed E-state index contributed by atoms with van der Waals surface area (Å²) in [6.07, 6.45) is 1.13. The molecule has 1 amide bonds. The zero-order valence-electron chi connectivity index (χ0n) is 17.9. The van der Waals surface area contributed by atoms with E-state index < -0.39 is 5.97 Å². The number of likely N-dealkylation sites (tertiary alicyclic amines) is 1. The van der Waals surface area contributed by atoms with E-state index in [9.17, 15) is 14.4 Å². The van der Waals surface area contributed by atoms with Gasteiger partial charge in [0, 0.05) is 28.8 Å². The Morgan fingerprint density at radius 1 is 1.00 bits per heavy atom. The third kappa shape index (κ3) is 7.00. The molecule has 1 heterocycles. The van der Waals surface area contributed by atoms with Crippen molar-refractivity contribution in [3.63, 3.8) is 0 Å². The van der Waals surface area contributed by atoms with E-state index in [0.29, 0.717) is 43.1 Å². The molecular formula is C24H26ClNO5S. The highest BCUT2D eigenvalue weighted by molar-refractivity contribution is 7.98. The molecule has 3 rings (SSSR count). The number of hydrogen-bond acceptors (Lipinski definition) is 6. The molecule has 0 radical (unpaired) electrons. The van der Waals surface area contributed by atoms with E-state index in [1.807, 2.05) is 36.4 Å². The summed E-state index contributed by atoms with van der Waals surface area (Å²) in [7, 11) is 0. The van der Waals surface area contributed by atoms with Gasteiger partial charge in [-0.2, -0.15) is 0 Å². The van der Waals surface area contributed by atoms with Crippen molar-refractivity contribution < 1.29 is 23.9 Å². The number of thioether (sulfide) groups is 1. The standard InChI is InChI=1S/C24H26ClNO5S/c1-2-30-23(28)19-11-13-26(14-12-19)22(27)15-31-24(29)18-5-3-17(4-6-18)16-32-21-9-7-20(25)8-10-21/h3-10,19H,2,11-16H2,1H3. The average molecular weight is 476 g/mol. The summed E-state index contributed by atoms with van der Waals surface area (Å²) in [4.78, 5) is 39.2. The van der Waals surface area contributed by atoms with Crippen LogP contribution in [-0.4, -0.2) is 49.0 Å². The molecule has 8 heteroatoms. The molecule has 2 aromatic rings. The number of rotatable bonds is 8. The molecule has 0 saturated carbocycles. The molecule has 0 N–H and O–H groups in total. The Morgan fingerprint density at radius 2 is 1.66 bits per heavy atom. The van der Waals surface area contributed by atoms with Crippen molar-refractivity contribution >= 4 is 41.2 Å². The molecule has 1 aliphatic rings. The second kappa shape index (κ2) is 11.9. The molecule has 0 atom stereocenters. The molecule has 0 bridgehead atoms. The fraction of sp³-hybridized carbons (Fsp3) is 0.375. The SMILES string of the molecule is CCOC(=O)C1CCN(C(=O)COC(=O)c2ccc(CSc3ccc(Cl)cc3)cc2)CC1. The van der Waals surface area contributed by atoms with Gasteiger partial charge in [-0.25, -0.2) is 4.79 Å². The maximum Gasteiger partial charge on any atom is 0.338 e. The molecule has 6 nitrogen and oxygen atoms in total. The second-order valence-electron chi connectivity index (χ2n) is 7.42. The molecule has 1 fully saturated rings. The molecule has 1 saturated heterocycles. The van der Waals surface area contributed by atoms with Gasteiger partial charge in [-0.1, -0.05) is 23.7 Å². The predicted octanol–water partition coefficient (Wildman–Crippen LogP) is 4.59. The van der Waals surface area contributed by atoms with Gasteiger partial charge in [0.1, 0.15) is 0 Å². The van der Waals surface area contributed by atoms with Crippen molar-refractivity contribution in [3.05, 3.63) is 64.7 Å². The van der Waals surface area contributed by atoms with Crippen LogP contribution in [0.15, 0.2) is 53.4 Å². The fourth-order valence-electron chi connectivity index (χ4n) is 3.36. The Kier molecular flexibility index (Phi) is 9.00. The summed E-state index contributed by atoms with van der Waals surface area (Å²) in [6.45, 7) is 2.74. The molecule has 32 heavy (non-hydrogen) atoms. The lowest BCUT2D eigenvalue weighted by Crippen LogP contribution is -2.42. The molecule has 2 aromatic carbocycles. The highest BCUT2D eigenvalue weighted by atomic mass is 35.5. The van der Waals surface area contributed by atoms with Crippen LogP contribution in [0.4, 0.5) is 0 Å². The second-order valence-corrected chi connectivity index (χ2v) is 8.91. The summed E-state index contributed by atoms with van der Waals surface area (Å²) < 4.78 is 10.2. The summed E-state index contributed by atoms with van der Waals surface area (Å²) in [5, 5.41) is 0.705. The number of ether oxygens (including phenoxy) is 2. The smallest absolute Gasteiger partial charge is 0.338 e. The number of piperidine rings is 1. The van der Waals surface area contributed by atoms with Gasteiger partial charge in [-0.3, -0.25) is 9.59 Å². The van der Waals surface area contributed by atoms with Gasteiger partial charge in [-0.15, -0.1) is 11.8 Å². The normalized spacial score (nSPS) is 14.1. The summed E-state index contributed by atoms with van der Waals surface area (Å²) >= 11 is 7.58. The molecule has 0 aromatic heterocycles. The van der Waals surface area contributed by atoms with Crippen LogP contribution in [0.3, 0.4) is 0 Å². The highest BCUT2D eigenvalue weighted by Crippen LogP contribution is 2.24. The third-order valence-corrected chi connectivity index (χ3v) is 6.54. The van der Waals surface area contributed by atoms with Crippen molar-refractivity contribution in [2.45, 2.75) is 30.4 Å². The van der Waals surface area contributed by atoms with Crippen molar-refractivity contribution in [3.8, 4) is 0 Å². The summed E-state index contributed by atoms with van der Waals surface area (Å²) in [6, 6.07) is 14.8. The summed E-state index contributed by atoms with van der Waals surface area (Å²) in [5.41, 5.74) is 1.47. The van der Waals surface area contributed by atoms with Gasteiger partial charge in [-0.05, 0) is 61.7 Å². The highest BCUT2D eigenvalue weighted by Gasteiger charge is 2.28. The lowest BCUT2D eigenvalue weighted by Gasteiger charge is -2.30. The quantitative estimate of drug-likeness (QED) is 0.410. The van der Waals surface area contributed by atoms with Gasteiger partial charge in [0.15, 0.2) is 6.61 Å².